The molecule has 1 aromatic heterocycles. The predicted octanol–water partition coefficient (Wildman–Crippen LogP) is 2.95. The van der Waals surface area contributed by atoms with Crippen molar-refractivity contribution in [2.75, 3.05) is 18.5 Å². The Hall–Kier alpha value is -1.14. The summed E-state index contributed by atoms with van der Waals surface area (Å²) in [5.74, 6) is 0. The number of hydrogen-bond donors (Lipinski definition) is 1. The molecule has 0 saturated heterocycles. The fourth-order valence-electron chi connectivity index (χ4n) is 1.50. The van der Waals surface area contributed by atoms with Crippen LogP contribution in [0.25, 0.3) is 0 Å². The molecule has 1 aromatic rings. The summed E-state index contributed by atoms with van der Waals surface area (Å²) in [6, 6.07) is 1.47. The van der Waals surface area contributed by atoms with E-state index in [4.69, 9.17) is 0 Å². The van der Waals surface area contributed by atoms with E-state index in [1.807, 2.05) is 11.9 Å². The van der Waals surface area contributed by atoms with Gasteiger partial charge < -0.3 is 10.0 Å². The summed E-state index contributed by atoms with van der Waals surface area (Å²) in [5.41, 5.74) is 0.0875. The van der Waals surface area contributed by atoms with Crippen LogP contribution in [0.3, 0.4) is 0 Å². The third kappa shape index (κ3) is 3.41. The molecule has 0 bridgehead atoms. The van der Waals surface area contributed by atoms with Gasteiger partial charge in [0.25, 0.3) is 0 Å². The summed E-state index contributed by atoms with van der Waals surface area (Å²) >= 11 is 1.29. The molecule has 1 rings (SSSR count). The molecule has 0 aliphatic rings. The SMILES string of the molecule is CCCCN(C)c1sc([C@@H](C)O)cc1[N+](=O)[O-]. The number of unbranched alkanes of at least 4 members (excludes halogenated alkanes) is 1. The average Bonchev–Trinajstić information content (AvgIpc) is 2.70. The van der Waals surface area contributed by atoms with Gasteiger partial charge in [-0.3, -0.25) is 10.1 Å². The van der Waals surface area contributed by atoms with Crippen LogP contribution in [0.5, 0.6) is 0 Å². The number of nitro groups is 1. The number of rotatable bonds is 6. The Labute approximate surface area is 105 Å². The fourth-order valence-corrected chi connectivity index (χ4v) is 2.55. The summed E-state index contributed by atoms with van der Waals surface area (Å²) in [4.78, 5) is 13.1. The maximum atomic E-state index is 10.9. The smallest absolute Gasteiger partial charge is 0.304 e. The summed E-state index contributed by atoms with van der Waals surface area (Å²) in [6.07, 6.45) is 1.38. The molecule has 5 nitrogen and oxygen atoms in total. The van der Waals surface area contributed by atoms with E-state index in [1.165, 1.54) is 17.4 Å². The minimum Gasteiger partial charge on any atom is -0.388 e. The third-order valence-corrected chi connectivity index (χ3v) is 3.92. The predicted molar refractivity (Wildman–Crippen MR) is 69.8 cm³/mol. The Kier molecular flexibility index (Phi) is 4.89. The quantitative estimate of drug-likeness (QED) is 0.629. The second-order valence-electron chi connectivity index (χ2n) is 4.05. The molecule has 0 aromatic carbocycles. The van der Waals surface area contributed by atoms with Crippen LogP contribution in [0.2, 0.25) is 0 Å². The number of aliphatic hydroxyl groups is 1. The summed E-state index contributed by atoms with van der Waals surface area (Å²) in [5, 5.41) is 21.0. The highest BCUT2D eigenvalue weighted by molar-refractivity contribution is 7.16. The van der Waals surface area contributed by atoms with E-state index in [2.05, 4.69) is 6.92 Å². The third-order valence-electron chi connectivity index (χ3n) is 2.51. The number of thiophene rings is 1. The van der Waals surface area contributed by atoms with Crippen molar-refractivity contribution in [3.63, 3.8) is 0 Å². The zero-order chi connectivity index (χ0) is 13.0. The molecular weight excluding hydrogens is 240 g/mol. The van der Waals surface area contributed by atoms with Crippen molar-refractivity contribution in [1.82, 2.24) is 0 Å². The van der Waals surface area contributed by atoms with Gasteiger partial charge in [0.15, 0.2) is 5.00 Å². The van der Waals surface area contributed by atoms with Crippen molar-refractivity contribution in [2.45, 2.75) is 32.8 Å². The lowest BCUT2D eigenvalue weighted by Crippen LogP contribution is -2.17. The van der Waals surface area contributed by atoms with E-state index in [1.54, 1.807) is 6.92 Å². The molecule has 0 aliphatic carbocycles. The van der Waals surface area contributed by atoms with Crippen molar-refractivity contribution in [1.29, 1.82) is 0 Å². The number of nitrogens with zero attached hydrogens (tertiary/aromatic N) is 2. The van der Waals surface area contributed by atoms with E-state index in [0.29, 0.717) is 9.88 Å². The van der Waals surface area contributed by atoms with Crippen LogP contribution in [0, 0.1) is 10.1 Å². The standard InChI is InChI=1S/C11H18N2O3S/c1-4-5-6-12(3)11-9(13(15)16)7-10(17-11)8(2)14/h7-8,14H,4-6H2,1-3H3/t8-/m1/s1. The molecule has 0 saturated carbocycles. The van der Waals surface area contributed by atoms with Crippen molar-refractivity contribution in [3.8, 4) is 0 Å². The second kappa shape index (κ2) is 5.97. The zero-order valence-corrected chi connectivity index (χ0v) is 11.2. The van der Waals surface area contributed by atoms with Crippen molar-refractivity contribution in [2.24, 2.45) is 0 Å². The van der Waals surface area contributed by atoms with Gasteiger partial charge in [0, 0.05) is 24.5 Å². The monoisotopic (exact) mass is 258 g/mol. The average molecular weight is 258 g/mol. The minimum atomic E-state index is -0.660. The van der Waals surface area contributed by atoms with Gasteiger partial charge >= 0.3 is 5.69 Å². The second-order valence-corrected chi connectivity index (χ2v) is 5.11. The van der Waals surface area contributed by atoms with Gasteiger partial charge in [-0.2, -0.15) is 0 Å². The fraction of sp³-hybridized carbons (Fsp3) is 0.636. The van der Waals surface area contributed by atoms with E-state index < -0.39 is 6.10 Å². The molecule has 1 heterocycles. The van der Waals surface area contributed by atoms with Crippen LogP contribution in [-0.4, -0.2) is 23.6 Å². The highest BCUT2D eigenvalue weighted by Crippen LogP contribution is 2.39. The molecule has 6 heteroatoms. The summed E-state index contributed by atoms with van der Waals surface area (Å²) in [6.45, 7) is 4.49. The van der Waals surface area contributed by atoms with Gasteiger partial charge in [0.1, 0.15) is 0 Å². The molecule has 0 aliphatic heterocycles. The van der Waals surface area contributed by atoms with Gasteiger partial charge in [0.05, 0.1) is 11.0 Å². The number of hydrogen-bond acceptors (Lipinski definition) is 5. The zero-order valence-electron chi connectivity index (χ0n) is 10.3. The van der Waals surface area contributed by atoms with E-state index >= 15 is 0 Å². The van der Waals surface area contributed by atoms with Crippen LogP contribution in [0.15, 0.2) is 6.07 Å². The Morgan fingerprint density at radius 2 is 2.29 bits per heavy atom. The van der Waals surface area contributed by atoms with Crippen molar-refractivity contribution >= 4 is 22.0 Å². The molecule has 0 amide bonds. The number of aliphatic hydroxyl groups excluding tert-OH is 1. The first-order chi connectivity index (χ1) is 7.97. The number of anilines is 1. The molecular formula is C11H18N2O3S. The molecule has 0 fully saturated rings. The molecule has 17 heavy (non-hydrogen) atoms. The topological polar surface area (TPSA) is 66.6 Å². The van der Waals surface area contributed by atoms with Crippen LogP contribution >= 0.6 is 11.3 Å². The van der Waals surface area contributed by atoms with E-state index in [9.17, 15) is 15.2 Å². The van der Waals surface area contributed by atoms with Crippen LogP contribution in [0.1, 0.15) is 37.7 Å². The first-order valence-corrected chi connectivity index (χ1v) is 6.46. The van der Waals surface area contributed by atoms with Gasteiger partial charge in [-0.25, -0.2) is 0 Å². The van der Waals surface area contributed by atoms with E-state index in [-0.39, 0.29) is 10.6 Å². The Balaban J connectivity index is 2.99. The highest BCUT2D eigenvalue weighted by Gasteiger charge is 2.23. The first-order valence-electron chi connectivity index (χ1n) is 5.64. The lowest BCUT2D eigenvalue weighted by Gasteiger charge is -2.15. The van der Waals surface area contributed by atoms with Gasteiger partial charge in [-0.1, -0.05) is 13.3 Å². The molecule has 96 valence electrons. The highest BCUT2D eigenvalue weighted by atomic mass is 32.1. The van der Waals surface area contributed by atoms with Crippen LogP contribution in [-0.2, 0) is 0 Å². The van der Waals surface area contributed by atoms with Crippen molar-refractivity contribution < 1.29 is 10.0 Å². The maximum absolute atomic E-state index is 10.9. The normalized spacial score (nSPS) is 12.5. The van der Waals surface area contributed by atoms with E-state index in [0.717, 1.165) is 19.4 Å². The molecule has 1 atom stereocenters. The Morgan fingerprint density at radius 3 is 2.76 bits per heavy atom. The Morgan fingerprint density at radius 1 is 1.65 bits per heavy atom. The van der Waals surface area contributed by atoms with Crippen molar-refractivity contribution in [3.05, 3.63) is 21.1 Å². The lowest BCUT2D eigenvalue weighted by molar-refractivity contribution is -0.383. The summed E-state index contributed by atoms with van der Waals surface area (Å²) in [7, 11) is 1.85. The molecule has 1 N–H and O–H groups in total. The van der Waals surface area contributed by atoms with Crippen LogP contribution < -0.4 is 4.90 Å². The van der Waals surface area contributed by atoms with Gasteiger partial charge in [-0.15, -0.1) is 11.3 Å². The Bertz CT molecular complexity index is 390. The molecule has 0 spiro atoms. The molecule has 0 radical (unpaired) electrons. The van der Waals surface area contributed by atoms with Crippen LogP contribution in [0.4, 0.5) is 10.7 Å². The lowest BCUT2D eigenvalue weighted by atomic mass is 10.3. The largest absolute Gasteiger partial charge is 0.388 e. The van der Waals surface area contributed by atoms with Gasteiger partial charge in [0.2, 0.25) is 0 Å². The maximum Gasteiger partial charge on any atom is 0.304 e. The first kappa shape index (κ1) is 13.9. The molecule has 0 unspecified atom stereocenters. The summed E-state index contributed by atoms with van der Waals surface area (Å²) < 4.78 is 0. The van der Waals surface area contributed by atoms with Gasteiger partial charge in [-0.05, 0) is 13.3 Å². The minimum absolute atomic E-state index is 0.0875.